The first-order chi connectivity index (χ1) is 5.59. The monoisotopic (exact) mass is 182 g/mol. The average molecular weight is 183 g/mol. The highest BCUT2D eigenvalue weighted by molar-refractivity contribution is 6.29. The van der Waals surface area contributed by atoms with Crippen molar-refractivity contribution in [3.8, 4) is 0 Å². The number of hydrogen-bond acceptors (Lipinski definition) is 2. The van der Waals surface area contributed by atoms with Crippen LogP contribution in [-0.2, 0) is 0 Å². The molecule has 64 valence electrons. The van der Waals surface area contributed by atoms with Crippen molar-refractivity contribution in [2.45, 2.75) is 26.2 Å². The Balaban J connectivity index is 2.21. The predicted molar refractivity (Wildman–Crippen MR) is 48.2 cm³/mol. The molecule has 2 rings (SSSR count). The maximum atomic E-state index is 5.63. The molecule has 3 heteroatoms. The van der Waals surface area contributed by atoms with Gasteiger partial charge in [0.25, 0.3) is 0 Å². The van der Waals surface area contributed by atoms with E-state index >= 15 is 0 Å². The van der Waals surface area contributed by atoms with E-state index in [1.807, 2.05) is 6.07 Å². The maximum absolute atomic E-state index is 5.63. The van der Waals surface area contributed by atoms with Crippen molar-refractivity contribution >= 4 is 11.6 Å². The van der Waals surface area contributed by atoms with Crippen molar-refractivity contribution in [2.24, 2.45) is 5.41 Å². The van der Waals surface area contributed by atoms with E-state index in [1.165, 1.54) is 6.42 Å². The third kappa shape index (κ3) is 1.31. The van der Waals surface area contributed by atoms with Gasteiger partial charge in [-0.15, -0.1) is 5.10 Å². The fourth-order valence-electron chi connectivity index (χ4n) is 1.48. The topological polar surface area (TPSA) is 25.8 Å². The van der Waals surface area contributed by atoms with Gasteiger partial charge in [0.2, 0.25) is 0 Å². The summed E-state index contributed by atoms with van der Waals surface area (Å²) in [7, 11) is 0. The van der Waals surface area contributed by atoms with Gasteiger partial charge in [0.1, 0.15) is 0 Å². The average Bonchev–Trinajstić information content (AvgIpc) is 2.61. The van der Waals surface area contributed by atoms with Crippen LogP contribution in [0.2, 0.25) is 5.15 Å². The summed E-state index contributed by atoms with van der Waals surface area (Å²) in [6.07, 6.45) is 1.21. The van der Waals surface area contributed by atoms with Gasteiger partial charge in [0.05, 0.1) is 5.69 Å². The van der Waals surface area contributed by atoms with E-state index in [-0.39, 0.29) is 0 Å². The Labute approximate surface area is 77.0 Å². The number of hydrogen-bond donors (Lipinski definition) is 0. The molecular weight excluding hydrogens is 172 g/mol. The number of aromatic nitrogens is 2. The Hall–Kier alpha value is -0.630. The fraction of sp³-hybridized carbons (Fsp3) is 0.556. The molecule has 2 nitrogen and oxygen atoms in total. The summed E-state index contributed by atoms with van der Waals surface area (Å²) in [5.74, 6) is 0.585. The van der Waals surface area contributed by atoms with Crippen LogP contribution in [0.25, 0.3) is 0 Å². The second kappa shape index (κ2) is 2.43. The molecule has 0 aromatic carbocycles. The largest absolute Gasteiger partial charge is 0.154 e. The van der Waals surface area contributed by atoms with E-state index in [1.54, 1.807) is 6.07 Å². The molecule has 1 saturated carbocycles. The van der Waals surface area contributed by atoms with E-state index in [9.17, 15) is 0 Å². The van der Waals surface area contributed by atoms with Gasteiger partial charge in [0, 0.05) is 5.92 Å². The van der Waals surface area contributed by atoms with Crippen molar-refractivity contribution in [3.63, 3.8) is 0 Å². The maximum Gasteiger partial charge on any atom is 0.151 e. The summed E-state index contributed by atoms with van der Waals surface area (Å²) < 4.78 is 0. The van der Waals surface area contributed by atoms with Crippen molar-refractivity contribution in [1.82, 2.24) is 10.2 Å². The number of rotatable bonds is 1. The van der Waals surface area contributed by atoms with Crippen molar-refractivity contribution < 1.29 is 0 Å². The Kier molecular flexibility index (Phi) is 1.62. The Morgan fingerprint density at radius 3 is 2.50 bits per heavy atom. The van der Waals surface area contributed by atoms with E-state index in [2.05, 4.69) is 24.0 Å². The lowest BCUT2D eigenvalue weighted by Crippen LogP contribution is -1.94. The summed E-state index contributed by atoms with van der Waals surface area (Å²) in [4.78, 5) is 0. The molecule has 0 amide bonds. The molecule has 1 atom stereocenters. The molecule has 1 aromatic rings. The molecule has 0 radical (unpaired) electrons. The van der Waals surface area contributed by atoms with Crippen LogP contribution >= 0.6 is 11.6 Å². The van der Waals surface area contributed by atoms with Crippen molar-refractivity contribution in [3.05, 3.63) is 23.0 Å². The fourth-order valence-corrected chi connectivity index (χ4v) is 1.59. The minimum absolute atomic E-state index is 0.419. The summed E-state index contributed by atoms with van der Waals surface area (Å²) in [6, 6.07) is 3.77. The first-order valence-electron chi connectivity index (χ1n) is 4.09. The Morgan fingerprint density at radius 2 is 2.08 bits per heavy atom. The SMILES string of the molecule is CC1(C)CC1c1ccc(Cl)nn1. The second-order valence-electron chi connectivity index (χ2n) is 4.03. The van der Waals surface area contributed by atoms with Gasteiger partial charge < -0.3 is 0 Å². The highest BCUT2D eigenvalue weighted by atomic mass is 35.5. The molecule has 1 heterocycles. The normalized spacial score (nSPS) is 25.4. The van der Waals surface area contributed by atoms with Crippen LogP contribution in [0.5, 0.6) is 0 Å². The molecular formula is C9H11ClN2. The second-order valence-corrected chi connectivity index (χ2v) is 4.41. The molecule has 0 bridgehead atoms. The number of nitrogens with zero attached hydrogens (tertiary/aromatic N) is 2. The van der Waals surface area contributed by atoms with E-state index in [0.29, 0.717) is 16.5 Å². The van der Waals surface area contributed by atoms with E-state index < -0.39 is 0 Å². The molecule has 0 aliphatic heterocycles. The molecule has 1 fully saturated rings. The third-order valence-electron chi connectivity index (χ3n) is 2.52. The lowest BCUT2D eigenvalue weighted by molar-refractivity contribution is 0.612. The Morgan fingerprint density at radius 1 is 1.42 bits per heavy atom. The molecule has 1 aromatic heterocycles. The lowest BCUT2D eigenvalue weighted by Gasteiger charge is -2.00. The zero-order valence-electron chi connectivity index (χ0n) is 7.21. The van der Waals surface area contributed by atoms with E-state index in [0.717, 1.165) is 5.69 Å². The van der Waals surface area contributed by atoms with Crippen LogP contribution in [-0.4, -0.2) is 10.2 Å². The van der Waals surface area contributed by atoms with Gasteiger partial charge in [0.15, 0.2) is 5.15 Å². The van der Waals surface area contributed by atoms with E-state index in [4.69, 9.17) is 11.6 Å². The molecule has 1 aliphatic rings. The zero-order valence-corrected chi connectivity index (χ0v) is 7.97. The highest BCUT2D eigenvalue weighted by Gasteiger charge is 2.47. The van der Waals surface area contributed by atoms with Crippen LogP contribution in [0, 0.1) is 5.41 Å². The van der Waals surface area contributed by atoms with Gasteiger partial charge in [-0.05, 0) is 24.0 Å². The quantitative estimate of drug-likeness (QED) is 0.668. The van der Waals surface area contributed by atoms with Crippen LogP contribution in [0.1, 0.15) is 31.9 Å². The van der Waals surface area contributed by atoms with Gasteiger partial charge in [-0.2, -0.15) is 5.10 Å². The predicted octanol–water partition coefficient (Wildman–Crippen LogP) is 2.64. The molecule has 0 N–H and O–H groups in total. The minimum Gasteiger partial charge on any atom is -0.154 e. The van der Waals surface area contributed by atoms with Crippen molar-refractivity contribution in [1.29, 1.82) is 0 Å². The number of halogens is 1. The summed E-state index contributed by atoms with van der Waals surface area (Å²) in [6.45, 7) is 4.49. The van der Waals surface area contributed by atoms with Crippen LogP contribution < -0.4 is 0 Å². The molecule has 0 saturated heterocycles. The van der Waals surface area contributed by atoms with Gasteiger partial charge in [-0.25, -0.2) is 0 Å². The first-order valence-corrected chi connectivity index (χ1v) is 4.46. The summed E-state index contributed by atoms with van der Waals surface area (Å²) >= 11 is 5.63. The lowest BCUT2D eigenvalue weighted by atomic mass is 10.1. The van der Waals surface area contributed by atoms with Gasteiger partial charge in [-0.3, -0.25) is 0 Å². The molecule has 1 aliphatic carbocycles. The molecule has 0 spiro atoms. The first kappa shape index (κ1) is 7.99. The van der Waals surface area contributed by atoms with Crippen LogP contribution in [0.15, 0.2) is 12.1 Å². The van der Waals surface area contributed by atoms with Crippen LogP contribution in [0.3, 0.4) is 0 Å². The molecule has 12 heavy (non-hydrogen) atoms. The summed E-state index contributed by atoms with van der Waals surface area (Å²) in [5, 5.41) is 8.34. The minimum atomic E-state index is 0.419. The zero-order chi connectivity index (χ0) is 8.77. The Bertz CT molecular complexity index is 292. The smallest absolute Gasteiger partial charge is 0.151 e. The third-order valence-corrected chi connectivity index (χ3v) is 2.72. The standard InChI is InChI=1S/C9H11ClN2/c1-9(2)5-6(9)7-3-4-8(10)12-11-7/h3-4,6H,5H2,1-2H3. The van der Waals surface area contributed by atoms with Crippen molar-refractivity contribution in [2.75, 3.05) is 0 Å². The summed E-state index contributed by atoms with van der Waals surface area (Å²) in [5.41, 5.74) is 1.49. The van der Waals surface area contributed by atoms with Gasteiger partial charge in [-0.1, -0.05) is 25.4 Å². The van der Waals surface area contributed by atoms with Crippen LogP contribution in [0.4, 0.5) is 0 Å². The van der Waals surface area contributed by atoms with Gasteiger partial charge >= 0.3 is 0 Å². The molecule has 1 unspecified atom stereocenters. The highest BCUT2D eigenvalue weighted by Crippen LogP contribution is 2.57.